The molecule has 6 heteroatoms. The topological polar surface area (TPSA) is 35.0 Å². The highest BCUT2D eigenvalue weighted by Crippen LogP contribution is 2.34. The summed E-state index contributed by atoms with van der Waals surface area (Å²) < 4.78 is 18.8. The minimum absolute atomic E-state index is 0.236. The minimum atomic E-state index is -0.363. The van der Waals surface area contributed by atoms with Gasteiger partial charge in [0, 0.05) is 10.4 Å². The SMILES string of the molecule is Cc1sc2ncnc(OCc3ccc(F)cc3Cl)c2c1C. The second-order valence-corrected chi connectivity index (χ2v) is 6.28. The third-order valence-corrected chi connectivity index (χ3v) is 4.78. The van der Waals surface area contributed by atoms with Crippen LogP contribution in [0.2, 0.25) is 5.02 Å². The van der Waals surface area contributed by atoms with Gasteiger partial charge in [0.25, 0.3) is 0 Å². The first-order valence-electron chi connectivity index (χ1n) is 6.33. The molecule has 0 aliphatic carbocycles. The molecule has 0 radical (unpaired) electrons. The molecule has 0 atom stereocenters. The molecule has 21 heavy (non-hydrogen) atoms. The average molecular weight is 323 g/mol. The van der Waals surface area contributed by atoms with Crippen molar-refractivity contribution in [1.29, 1.82) is 0 Å². The van der Waals surface area contributed by atoms with E-state index in [1.807, 2.05) is 13.8 Å². The monoisotopic (exact) mass is 322 g/mol. The summed E-state index contributed by atoms with van der Waals surface area (Å²) in [4.78, 5) is 10.6. The fraction of sp³-hybridized carbons (Fsp3) is 0.200. The van der Waals surface area contributed by atoms with Gasteiger partial charge in [-0.05, 0) is 31.5 Å². The number of benzene rings is 1. The van der Waals surface area contributed by atoms with Gasteiger partial charge in [0.1, 0.15) is 23.6 Å². The van der Waals surface area contributed by atoms with E-state index in [9.17, 15) is 4.39 Å². The maximum absolute atomic E-state index is 13.0. The number of nitrogens with zero attached hydrogens (tertiary/aromatic N) is 2. The molecule has 0 saturated heterocycles. The number of aromatic nitrogens is 2. The van der Waals surface area contributed by atoms with E-state index in [1.54, 1.807) is 17.4 Å². The van der Waals surface area contributed by atoms with Crippen LogP contribution >= 0.6 is 22.9 Å². The molecule has 0 unspecified atom stereocenters. The van der Waals surface area contributed by atoms with E-state index >= 15 is 0 Å². The summed E-state index contributed by atoms with van der Waals surface area (Å²) in [7, 11) is 0. The predicted molar refractivity (Wildman–Crippen MR) is 82.6 cm³/mol. The number of halogens is 2. The van der Waals surface area contributed by atoms with Crippen molar-refractivity contribution in [3.8, 4) is 5.88 Å². The lowest BCUT2D eigenvalue weighted by Gasteiger charge is -2.08. The fourth-order valence-electron chi connectivity index (χ4n) is 2.04. The number of hydrogen-bond acceptors (Lipinski definition) is 4. The molecular weight excluding hydrogens is 311 g/mol. The summed E-state index contributed by atoms with van der Waals surface area (Å²) in [6, 6.07) is 4.25. The highest BCUT2D eigenvalue weighted by Gasteiger charge is 2.13. The van der Waals surface area contributed by atoms with Crippen LogP contribution in [0.15, 0.2) is 24.5 Å². The number of ether oxygens (including phenoxy) is 1. The second-order valence-electron chi connectivity index (χ2n) is 4.67. The summed E-state index contributed by atoms with van der Waals surface area (Å²) in [6.45, 7) is 4.30. The summed E-state index contributed by atoms with van der Waals surface area (Å²) in [6.07, 6.45) is 1.49. The molecule has 108 valence electrons. The average Bonchev–Trinajstić information content (AvgIpc) is 2.74. The van der Waals surface area contributed by atoms with Crippen LogP contribution < -0.4 is 4.74 Å². The van der Waals surface area contributed by atoms with E-state index in [1.165, 1.54) is 23.3 Å². The molecule has 0 saturated carbocycles. The maximum Gasteiger partial charge on any atom is 0.225 e. The highest BCUT2D eigenvalue weighted by atomic mass is 35.5. The lowest BCUT2D eigenvalue weighted by Crippen LogP contribution is -1.99. The van der Waals surface area contributed by atoms with Gasteiger partial charge < -0.3 is 4.74 Å². The Kier molecular flexibility index (Phi) is 3.78. The zero-order valence-electron chi connectivity index (χ0n) is 11.5. The number of fused-ring (bicyclic) bond motifs is 1. The first kappa shape index (κ1) is 14.2. The van der Waals surface area contributed by atoms with Crippen molar-refractivity contribution < 1.29 is 9.13 Å². The zero-order chi connectivity index (χ0) is 15.0. The van der Waals surface area contributed by atoms with Gasteiger partial charge in [-0.25, -0.2) is 14.4 Å². The van der Waals surface area contributed by atoms with Crippen molar-refractivity contribution in [3.63, 3.8) is 0 Å². The molecule has 0 N–H and O–H groups in total. The number of hydrogen-bond donors (Lipinski definition) is 0. The van der Waals surface area contributed by atoms with E-state index < -0.39 is 0 Å². The van der Waals surface area contributed by atoms with Gasteiger partial charge in [0.2, 0.25) is 5.88 Å². The Morgan fingerprint density at radius 3 is 2.86 bits per heavy atom. The van der Waals surface area contributed by atoms with Crippen molar-refractivity contribution in [1.82, 2.24) is 9.97 Å². The van der Waals surface area contributed by atoms with Gasteiger partial charge >= 0.3 is 0 Å². The minimum Gasteiger partial charge on any atom is -0.472 e. The van der Waals surface area contributed by atoms with Crippen molar-refractivity contribution >= 4 is 33.2 Å². The smallest absolute Gasteiger partial charge is 0.225 e. The van der Waals surface area contributed by atoms with Crippen LogP contribution in [0.25, 0.3) is 10.2 Å². The number of thiophene rings is 1. The van der Waals surface area contributed by atoms with Crippen LogP contribution in [-0.2, 0) is 6.61 Å². The van der Waals surface area contributed by atoms with Crippen LogP contribution in [0.4, 0.5) is 4.39 Å². The molecular formula is C15H12ClFN2OS. The van der Waals surface area contributed by atoms with Crippen LogP contribution in [0.5, 0.6) is 5.88 Å². The molecule has 2 heterocycles. The van der Waals surface area contributed by atoms with Crippen molar-refractivity contribution in [2.24, 2.45) is 0 Å². The summed E-state index contributed by atoms with van der Waals surface area (Å²) in [5, 5.41) is 1.27. The lowest BCUT2D eigenvalue weighted by molar-refractivity contribution is 0.297. The molecule has 1 aromatic carbocycles. The van der Waals surface area contributed by atoms with Crippen molar-refractivity contribution in [2.75, 3.05) is 0 Å². The molecule has 0 amide bonds. The van der Waals surface area contributed by atoms with Gasteiger partial charge in [-0.2, -0.15) is 0 Å². The summed E-state index contributed by atoms with van der Waals surface area (Å²) in [5.41, 5.74) is 1.84. The Morgan fingerprint density at radius 1 is 1.29 bits per heavy atom. The Morgan fingerprint density at radius 2 is 2.10 bits per heavy atom. The molecule has 3 nitrogen and oxygen atoms in total. The molecule has 0 fully saturated rings. The van der Waals surface area contributed by atoms with Gasteiger partial charge in [-0.1, -0.05) is 17.7 Å². The molecule has 0 aliphatic heterocycles. The normalized spacial score (nSPS) is 11.0. The van der Waals surface area contributed by atoms with E-state index in [-0.39, 0.29) is 12.4 Å². The van der Waals surface area contributed by atoms with E-state index in [0.29, 0.717) is 10.9 Å². The zero-order valence-corrected chi connectivity index (χ0v) is 13.1. The maximum atomic E-state index is 13.0. The third kappa shape index (κ3) is 2.71. The quantitative estimate of drug-likeness (QED) is 0.702. The predicted octanol–water partition coefficient (Wildman–Crippen LogP) is 4.68. The van der Waals surface area contributed by atoms with Crippen LogP contribution in [0, 0.1) is 19.7 Å². The fourth-order valence-corrected chi connectivity index (χ4v) is 3.25. The van der Waals surface area contributed by atoms with Crippen LogP contribution in [0.3, 0.4) is 0 Å². The first-order chi connectivity index (χ1) is 10.1. The Hall–Kier alpha value is -1.72. The van der Waals surface area contributed by atoms with Crippen LogP contribution in [-0.4, -0.2) is 9.97 Å². The largest absolute Gasteiger partial charge is 0.472 e. The Bertz CT molecular complexity index is 819. The van der Waals surface area contributed by atoms with Gasteiger partial charge in [0.05, 0.1) is 10.4 Å². The van der Waals surface area contributed by atoms with Gasteiger partial charge in [-0.3, -0.25) is 0 Å². The van der Waals surface area contributed by atoms with Gasteiger partial charge in [-0.15, -0.1) is 11.3 Å². The Labute approximate surface area is 130 Å². The third-order valence-electron chi connectivity index (χ3n) is 3.31. The molecule has 0 bridgehead atoms. The van der Waals surface area contributed by atoms with E-state index in [0.717, 1.165) is 21.3 Å². The molecule has 2 aromatic heterocycles. The Balaban J connectivity index is 1.92. The lowest BCUT2D eigenvalue weighted by atomic mass is 10.2. The summed E-state index contributed by atoms with van der Waals surface area (Å²) >= 11 is 7.61. The molecule has 3 aromatic rings. The molecule has 0 aliphatic rings. The van der Waals surface area contributed by atoms with E-state index in [4.69, 9.17) is 16.3 Å². The van der Waals surface area contributed by atoms with Crippen LogP contribution in [0.1, 0.15) is 16.0 Å². The molecule has 0 spiro atoms. The molecule has 3 rings (SSSR count). The van der Waals surface area contributed by atoms with Crippen molar-refractivity contribution in [2.45, 2.75) is 20.5 Å². The second kappa shape index (κ2) is 5.58. The first-order valence-corrected chi connectivity index (χ1v) is 7.53. The number of rotatable bonds is 3. The van der Waals surface area contributed by atoms with Crippen molar-refractivity contribution in [3.05, 3.63) is 51.4 Å². The highest BCUT2D eigenvalue weighted by molar-refractivity contribution is 7.18. The summed E-state index contributed by atoms with van der Waals surface area (Å²) in [5.74, 6) is 0.166. The van der Waals surface area contributed by atoms with E-state index in [2.05, 4.69) is 9.97 Å². The standard InChI is InChI=1S/C15H12ClFN2OS/c1-8-9(2)21-15-13(8)14(18-7-19-15)20-6-10-3-4-11(17)5-12(10)16/h3-5,7H,6H2,1-2H3. The van der Waals surface area contributed by atoms with Gasteiger partial charge in [0.15, 0.2) is 0 Å². The number of aryl methyl sites for hydroxylation is 2.